The molecule has 0 aromatic heterocycles. The van der Waals surface area contributed by atoms with E-state index in [0.29, 0.717) is 23.9 Å². The lowest BCUT2D eigenvalue weighted by Crippen LogP contribution is -2.44. The molecule has 2 amide bonds. The zero-order chi connectivity index (χ0) is 17.8. The molecule has 3 rings (SSSR count). The maximum Gasteiger partial charge on any atom is 0.228 e. The number of carbonyl (C=O) groups is 2. The number of halogens is 2. The topological polar surface area (TPSA) is 52.7 Å². The van der Waals surface area contributed by atoms with Gasteiger partial charge in [-0.25, -0.2) is 0 Å². The number of hydrogen-bond acceptors (Lipinski definition) is 3. The number of amides is 2. The second-order valence-corrected chi connectivity index (χ2v) is 7.39. The Hall–Kier alpha value is -1.30. The van der Waals surface area contributed by atoms with Crippen LogP contribution in [0.4, 0.5) is 5.69 Å². The molecule has 1 atom stereocenters. The Labute approximate surface area is 166 Å². The summed E-state index contributed by atoms with van der Waals surface area (Å²) in [7, 11) is 0. The Morgan fingerprint density at radius 1 is 1.23 bits per heavy atom. The van der Waals surface area contributed by atoms with Crippen molar-refractivity contribution in [3.63, 3.8) is 0 Å². The van der Waals surface area contributed by atoms with Crippen LogP contribution in [0, 0.1) is 11.8 Å². The van der Waals surface area contributed by atoms with Gasteiger partial charge in [-0.1, -0.05) is 18.5 Å². The van der Waals surface area contributed by atoms with Crippen molar-refractivity contribution in [2.75, 3.05) is 37.6 Å². The lowest BCUT2D eigenvalue weighted by atomic mass is 9.95. The van der Waals surface area contributed by atoms with Gasteiger partial charge >= 0.3 is 0 Å². The fourth-order valence-corrected chi connectivity index (χ4v) is 3.83. The standard InChI is InChI=1S/C19H26ClN3O2.ClH/c1-2-21-12-14-7-9-22(10-8-14)19(25)15-11-18(24)23(13-15)17-5-3-16(20)4-6-17;/h3-6,14-15,21H,2,7-13H2,1H3;1H. The summed E-state index contributed by atoms with van der Waals surface area (Å²) >= 11 is 5.91. The van der Waals surface area contributed by atoms with Crippen LogP contribution in [0.3, 0.4) is 0 Å². The van der Waals surface area contributed by atoms with Gasteiger partial charge in [0.05, 0.1) is 5.92 Å². The van der Waals surface area contributed by atoms with Crippen molar-refractivity contribution in [3.8, 4) is 0 Å². The highest BCUT2D eigenvalue weighted by Gasteiger charge is 2.38. The molecule has 2 saturated heterocycles. The zero-order valence-electron chi connectivity index (χ0n) is 15.1. The number of anilines is 1. The Morgan fingerprint density at radius 3 is 2.50 bits per heavy atom. The van der Waals surface area contributed by atoms with Gasteiger partial charge < -0.3 is 15.1 Å². The third-order valence-electron chi connectivity index (χ3n) is 5.22. The van der Waals surface area contributed by atoms with E-state index in [9.17, 15) is 9.59 Å². The van der Waals surface area contributed by atoms with E-state index >= 15 is 0 Å². The highest BCUT2D eigenvalue weighted by molar-refractivity contribution is 6.30. The van der Waals surface area contributed by atoms with E-state index in [0.717, 1.165) is 44.7 Å². The van der Waals surface area contributed by atoms with Crippen LogP contribution in [0.5, 0.6) is 0 Å². The summed E-state index contributed by atoms with van der Waals surface area (Å²) in [5.74, 6) is 0.572. The van der Waals surface area contributed by atoms with Gasteiger partial charge in [0, 0.05) is 36.8 Å². The first kappa shape index (κ1) is 21.0. The Morgan fingerprint density at radius 2 is 1.88 bits per heavy atom. The molecule has 26 heavy (non-hydrogen) atoms. The van der Waals surface area contributed by atoms with Gasteiger partial charge in [-0.15, -0.1) is 12.4 Å². The maximum atomic E-state index is 12.8. The van der Waals surface area contributed by atoms with Gasteiger partial charge in [-0.05, 0) is 56.1 Å². The summed E-state index contributed by atoms with van der Waals surface area (Å²) < 4.78 is 0. The van der Waals surface area contributed by atoms with Crippen molar-refractivity contribution in [1.29, 1.82) is 0 Å². The van der Waals surface area contributed by atoms with Gasteiger partial charge in [0.2, 0.25) is 11.8 Å². The largest absolute Gasteiger partial charge is 0.342 e. The SMILES string of the molecule is CCNCC1CCN(C(=O)C2CC(=O)N(c3ccc(Cl)cc3)C2)CC1.Cl. The minimum atomic E-state index is -0.228. The summed E-state index contributed by atoms with van der Waals surface area (Å²) in [4.78, 5) is 28.8. The van der Waals surface area contributed by atoms with Gasteiger partial charge in [-0.2, -0.15) is 0 Å². The average molecular weight is 400 g/mol. The third kappa shape index (κ3) is 4.90. The molecule has 2 fully saturated rings. The molecule has 7 heteroatoms. The van der Waals surface area contributed by atoms with Crippen LogP contribution in [0.15, 0.2) is 24.3 Å². The van der Waals surface area contributed by atoms with Crippen LogP contribution in [0.2, 0.25) is 5.02 Å². The van der Waals surface area contributed by atoms with Crippen molar-refractivity contribution in [3.05, 3.63) is 29.3 Å². The summed E-state index contributed by atoms with van der Waals surface area (Å²) in [5, 5.41) is 4.03. The van der Waals surface area contributed by atoms with E-state index in [2.05, 4.69) is 12.2 Å². The number of nitrogens with one attached hydrogen (secondary N) is 1. The predicted octanol–water partition coefficient (Wildman–Crippen LogP) is 2.96. The molecule has 0 saturated carbocycles. The first-order chi connectivity index (χ1) is 12.1. The number of hydrogen-bond donors (Lipinski definition) is 1. The highest BCUT2D eigenvalue weighted by Crippen LogP contribution is 2.28. The van der Waals surface area contributed by atoms with Crippen LogP contribution in [-0.2, 0) is 9.59 Å². The monoisotopic (exact) mass is 399 g/mol. The molecule has 1 unspecified atom stereocenters. The Bertz CT molecular complexity index is 616. The molecule has 0 spiro atoms. The highest BCUT2D eigenvalue weighted by atomic mass is 35.5. The van der Waals surface area contributed by atoms with E-state index < -0.39 is 0 Å². The van der Waals surface area contributed by atoms with Crippen molar-refractivity contribution in [2.24, 2.45) is 11.8 Å². The second kappa shape index (κ2) is 9.58. The zero-order valence-corrected chi connectivity index (χ0v) is 16.7. The molecular formula is C19H27Cl2N3O2. The molecule has 1 N–H and O–H groups in total. The third-order valence-corrected chi connectivity index (χ3v) is 5.47. The van der Waals surface area contributed by atoms with E-state index in [4.69, 9.17) is 11.6 Å². The number of nitrogens with zero attached hydrogens (tertiary/aromatic N) is 2. The van der Waals surface area contributed by atoms with Crippen LogP contribution < -0.4 is 10.2 Å². The molecular weight excluding hydrogens is 373 g/mol. The fourth-order valence-electron chi connectivity index (χ4n) is 3.71. The number of benzene rings is 1. The van der Waals surface area contributed by atoms with Crippen LogP contribution in [0.1, 0.15) is 26.2 Å². The first-order valence-corrected chi connectivity index (χ1v) is 9.51. The van der Waals surface area contributed by atoms with Gasteiger partial charge in [-0.3, -0.25) is 9.59 Å². The van der Waals surface area contributed by atoms with E-state index in [1.165, 1.54) is 0 Å². The summed E-state index contributed by atoms with van der Waals surface area (Å²) in [6.45, 7) is 6.22. The number of piperidine rings is 1. The quantitative estimate of drug-likeness (QED) is 0.827. The smallest absolute Gasteiger partial charge is 0.228 e. The van der Waals surface area contributed by atoms with Gasteiger partial charge in [0.1, 0.15) is 0 Å². The molecule has 0 radical (unpaired) electrons. The second-order valence-electron chi connectivity index (χ2n) is 6.96. The molecule has 144 valence electrons. The summed E-state index contributed by atoms with van der Waals surface area (Å²) in [6, 6.07) is 7.21. The van der Waals surface area contributed by atoms with E-state index in [1.54, 1.807) is 17.0 Å². The molecule has 1 aromatic carbocycles. The molecule has 2 aliphatic rings. The van der Waals surface area contributed by atoms with Gasteiger partial charge in [0.15, 0.2) is 0 Å². The normalized spacial score (nSPS) is 21.0. The van der Waals surface area contributed by atoms with Crippen LogP contribution in [-0.4, -0.2) is 49.4 Å². The number of rotatable bonds is 5. The Kier molecular flexibility index (Phi) is 7.74. The molecule has 2 aliphatic heterocycles. The molecule has 2 heterocycles. The maximum absolute atomic E-state index is 12.8. The first-order valence-electron chi connectivity index (χ1n) is 9.14. The van der Waals surface area contributed by atoms with Crippen LogP contribution in [0.25, 0.3) is 0 Å². The lowest BCUT2D eigenvalue weighted by Gasteiger charge is -2.33. The van der Waals surface area contributed by atoms with E-state index in [1.807, 2.05) is 17.0 Å². The minimum Gasteiger partial charge on any atom is -0.342 e. The summed E-state index contributed by atoms with van der Waals surface area (Å²) in [6.07, 6.45) is 2.39. The van der Waals surface area contributed by atoms with E-state index in [-0.39, 0.29) is 30.1 Å². The molecule has 1 aromatic rings. The minimum absolute atomic E-state index is 0. The molecule has 0 bridgehead atoms. The Balaban J connectivity index is 0.00000243. The molecule has 5 nitrogen and oxygen atoms in total. The number of likely N-dealkylation sites (tertiary alicyclic amines) is 1. The fraction of sp³-hybridized carbons (Fsp3) is 0.579. The van der Waals surface area contributed by atoms with Crippen molar-refractivity contribution in [1.82, 2.24) is 10.2 Å². The predicted molar refractivity (Wildman–Crippen MR) is 107 cm³/mol. The van der Waals surface area contributed by atoms with Gasteiger partial charge in [0.25, 0.3) is 0 Å². The van der Waals surface area contributed by atoms with Crippen molar-refractivity contribution < 1.29 is 9.59 Å². The summed E-state index contributed by atoms with van der Waals surface area (Å²) in [5.41, 5.74) is 0.814. The van der Waals surface area contributed by atoms with Crippen LogP contribution >= 0.6 is 24.0 Å². The number of carbonyl (C=O) groups excluding carboxylic acids is 2. The van der Waals surface area contributed by atoms with Crippen molar-refractivity contribution >= 4 is 41.5 Å². The van der Waals surface area contributed by atoms with Crippen molar-refractivity contribution in [2.45, 2.75) is 26.2 Å². The average Bonchev–Trinajstić information content (AvgIpc) is 3.02. The lowest BCUT2D eigenvalue weighted by molar-refractivity contribution is -0.137. The molecule has 0 aliphatic carbocycles.